The molecule has 1 aromatic rings. The summed E-state index contributed by atoms with van der Waals surface area (Å²) >= 11 is 0. The van der Waals surface area contributed by atoms with Crippen LogP contribution in [0.3, 0.4) is 0 Å². The molecule has 0 aromatic heterocycles. The van der Waals surface area contributed by atoms with Gasteiger partial charge in [-0.1, -0.05) is 17.7 Å². The zero-order valence-corrected chi connectivity index (χ0v) is 15.2. The predicted molar refractivity (Wildman–Crippen MR) is 88.5 cm³/mol. The third kappa shape index (κ3) is 3.39. The van der Waals surface area contributed by atoms with E-state index in [0.717, 1.165) is 9.87 Å². The monoisotopic (exact) mass is 389 g/mol. The molecule has 2 aliphatic heterocycles. The Labute approximate surface area is 151 Å². The first-order valence-corrected chi connectivity index (χ1v) is 9.63. The van der Waals surface area contributed by atoms with E-state index in [9.17, 15) is 18.6 Å². The van der Waals surface area contributed by atoms with Crippen LogP contribution >= 0.6 is 0 Å². The smallest absolute Gasteiger partial charge is 0.245 e. The third-order valence-electron chi connectivity index (χ3n) is 4.63. The van der Waals surface area contributed by atoms with Crippen molar-refractivity contribution in [1.82, 2.24) is 4.31 Å². The molecule has 1 aromatic carbocycles. The van der Waals surface area contributed by atoms with Gasteiger partial charge in [-0.2, -0.15) is 4.31 Å². The maximum absolute atomic E-state index is 13.1. The van der Waals surface area contributed by atoms with Gasteiger partial charge < -0.3 is 29.5 Å². The first kappa shape index (κ1) is 19.6. The number of methoxy groups -OCH3 is 1. The number of aliphatic hydroxyl groups is 3. The molecule has 3 rings (SSSR count). The molecule has 0 radical (unpaired) electrons. The highest BCUT2D eigenvalue weighted by Gasteiger charge is 2.56. The molecule has 10 heteroatoms. The average molecular weight is 389 g/mol. The van der Waals surface area contributed by atoms with Gasteiger partial charge >= 0.3 is 0 Å². The number of rotatable bonds is 5. The van der Waals surface area contributed by atoms with E-state index in [-0.39, 0.29) is 11.4 Å². The van der Waals surface area contributed by atoms with Crippen LogP contribution in [0.25, 0.3) is 0 Å². The van der Waals surface area contributed by atoms with Crippen molar-refractivity contribution in [3.8, 4) is 0 Å². The van der Waals surface area contributed by atoms with E-state index in [0.29, 0.717) is 0 Å². The summed E-state index contributed by atoms with van der Waals surface area (Å²) in [5, 5.41) is 29.4. The Hall–Kier alpha value is -1.11. The Kier molecular flexibility index (Phi) is 5.66. The van der Waals surface area contributed by atoms with Gasteiger partial charge in [-0.15, -0.1) is 0 Å². The van der Waals surface area contributed by atoms with Gasteiger partial charge in [0, 0.05) is 7.11 Å². The maximum Gasteiger partial charge on any atom is 0.245 e. The normalized spacial score (nSPS) is 33.8. The topological polar surface area (TPSA) is 126 Å². The number of nitrogens with zero attached hydrogens (tertiary/aromatic N) is 1. The zero-order chi connectivity index (χ0) is 19.1. The highest BCUT2D eigenvalue weighted by atomic mass is 32.2. The van der Waals surface area contributed by atoms with Crippen LogP contribution in [0.15, 0.2) is 29.2 Å². The number of ether oxygens (including phenoxy) is 3. The molecule has 26 heavy (non-hydrogen) atoms. The Morgan fingerprint density at radius 1 is 1.31 bits per heavy atom. The van der Waals surface area contributed by atoms with Gasteiger partial charge in [0.25, 0.3) is 0 Å². The quantitative estimate of drug-likeness (QED) is 0.573. The first-order chi connectivity index (χ1) is 12.3. The summed E-state index contributed by atoms with van der Waals surface area (Å²) in [6, 6.07) is 6.34. The minimum absolute atomic E-state index is 0.0721. The highest BCUT2D eigenvalue weighted by molar-refractivity contribution is 7.89. The summed E-state index contributed by atoms with van der Waals surface area (Å²) in [4.78, 5) is 0.0721. The summed E-state index contributed by atoms with van der Waals surface area (Å²) in [6.07, 6.45) is -6.98. The fraction of sp³-hybridized carbons (Fsp3) is 0.625. The fourth-order valence-corrected chi connectivity index (χ4v) is 4.67. The Balaban J connectivity index is 1.95. The fourth-order valence-electron chi connectivity index (χ4n) is 3.16. The first-order valence-electron chi connectivity index (χ1n) is 8.19. The van der Waals surface area contributed by atoms with Gasteiger partial charge in [0.2, 0.25) is 10.0 Å². The number of hydrogen-bond donors (Lipinski definition) is 3. The van der Waals surface area contributed by atoms with Gasteiger partial charge in [0.05, 0.1) is 18.0 Å². The maximum atomic E-state index is 13.1. The minimum atomic E-state index is -3.96. The lowest BCUT2D eigenvalue weighted by Crippen LogP contribution is -2.57. The summed E-state index contributed by atoms with van der Waals surface area (Å²) in [6.45, 7) is 1.07. The van der Waals surface area contributed by atoms with E-state index in [4.69, 9.17) is 19.3 Å². The standard InChI is InChI=1S/C16H23NO8S/c1-9-3-5-10(6-4-9)26(21,22)17-7-12(23-2)24-15-13(20)14(11(19)8-18)25-16(15)17/h3-6,11-16,18-20H,7-8H2,1-2H3/t11-,12-,13+,14?,15+,16-/m1/s1. The van der Waals surface area contributed by atoms with Crippen molar-refractivity contribution in [2.75, 3.05) is 20.3 Å². The number of morpholine rings is 1. The minimum Gasteiger partial charge on any atom is -0.394 e. The molecule has 3 N–H and O–H groups in total. The molecule has 2 saturated heterocycles. The molecular weight excluding hydrogens is 366 g/mol. The molecular formula is C16H23NO8S. The predicted octanol–water partition coefficient (Wildman–Crippen LogP) is -1.20. The second-order valence-electron chi connectivity index (χ2n) is 6.39. The van der Waals surface area contributed by atoms with Crippen LogP contribution in [0.2, 0.25) is 0 Å². The second-order valence-corrected chi connectivity index (χ2v) is 8.28. The van der Waals surface area contributed by atoms with Crippen LogP contribution in [0, 0.1) is 6.92 Å². The van der Waals surface area contributed by atoms with E-state index in [1.165, 1.54) is 19.2 Å². The highest BCUT2D eigenvalue weighted by Crippen LogP contribution is 2.36. The van der Waals surface area contributed by atoms with Crippen molar-refractivity contribution >= 4 is 10.0 Å². The van der Waals surface area contributed by atoms with Gasteiger partial charge in [-0.3, -0.25) is 0 Å². The van der Waals surface area contributed by atoms with Crippen molar-refractivity contribution in [3.05, 3.63) is 29.8 Å². The van der Waals surface area contributed by atoms with Crippen molar-refractivity contribution in [3.63, 3.8) is 0 Å². The van der Waals surface area contributed by atoms with Crippen LogP contribution in [0.4, 0.5) is 0 Å². The third-order valence-corrected chi connectivity index (χ3v) is 6.47. The number of sulfonamides is 1. The molecule has 0 amide bonds. The van der Waals surface area contributed by atoms with E-state index >= 15 is 0 Å². The Morgan fingerprint density at radius 3 is 2.54 bits per heavy atom. The molecule has 0 aliphatic carbocycles. The molecule has 9 nitrogen and oxygen atoms in total. The molecule has 146 valence electrons. The van der Waals surface area contributed by atoms with Crippen LogP contribution < -0.4 is 0 Å². The van der Waals surface area contributed by atoms with E-state index in [1.54, 1.807) is 12.1 Å². The Bertz CT molecular complexity index is 724. The van der Waals surface area contributed by atoms with Crippen molar-refractivity contribution in [1.29, 1.82) is 0 Å². The van der Waals surface area contributed by atoms with Crippen LogP contribution in [-0.2, 0) is 24.2 Å². The van der Waals surface area contributed by atoms with Gasteiger partial charge in [-0.05, 0) is 19.1 Å². The number of aryl methyl sites for hydroxylation is 1. The number of aliphatic hydroxyl groups excluding tert-OH is 3. The number of hydrogen-bond acceptors (Lipinski definition) is 8. The SMILES string of the molecule is CO[C@H]1CN(S(=O)(=O)c2ccc(C)cc2)[C@@H]2OC([C@H](O)CO)[C@H](O)[C@@H]2O1. The molecule has 0 saturated carbocycles. The second kappa shape index (κ2) is 7.49. The molecule has 1 unspecified atom stereocenters. The summed E-state index contributed by atoms with van der Waals surface area (Å²) in [7, 11) is -2.60. The Morgan fingerprint density at radius 2 is 1.96 bits per heavy atom. The largest absolute Gasteiger partial charge is 0.394 e. The van der Waals surface area contributed by atoms with Gasteiger partial charge in [-0.25, -0.2) is 8.42 Å². The summed E-state index contributed by atoms with van der Waals surface area (Å²) in [5.74, 6) is 0. The lowest BCUT2D eigenvalue weighted by Gasteiger charge is -2.39. The van der Waals surface area contributed by atoms with Crippen molar-refractivity contribution in [2.24, 2.45) is 0 Å². The molecule has 2 fully saturated rings. The van der Waals surface area contributed by atoms with Gasteiger partial charge in [0.1, 0.15) is 24.4 Å². The molecule has 2 aliphatic rings. The molecule has 0 bridgehead atoms. The summed E-state index contributed by atoms with van der Waals surface area (Å²) < 4.78 is 43.6. The number of fused-ring (bicyclic) bond motifs is 1. The van der Waals surface area contributed by atoms with E-state index in [1.807, 2.05) is 6.92 Å². The zero-order valence-electron chi connectivity index (χ0n) is 14.4. The van der Waals surface area contributed by atoms with Crippen LogP contribution in [0.1, 0.15) is 5.56 Å². The molecule has 0 spiro atoms. The van der Waals surface area contributed by atoms with E-state index in [2.05, 4.69) is 0 Å². The van der Waals surface area contributed by atoms with Crippen LogP contribution in [0.5, 0.6) is 0 Å². The van der Waals surface area contributed by atoms with Crippen LogP contribution in [-0.4, -0.2) is 85.2 Å². The summed E-state index contributed by atoms with van der Waals surface area (Å²) in [5.41, 5.74) is 0.914. The van der Waals surface area contributed by atoms with Crippen molar-refractivity contribution < 1.29 is 37.9 Å². The molecule has 6 atom stereocenters. The average Bonchev–Trinajstić information content (AvgIpc) is 2.97. The van der Waals surface area contributed by atoms with E-state index < -0.39 is 53.6 Å². The lowest BCUT2D eigenvalue weighted by atomic mass is 10.1. The lowest BCUT2D eigenvalue weighted by molar-refractivity contribution is -0.233. The van der Waals surface area contributed by atoms with Gasteiger partial charge in [0.15, 0.2) is 12.5 Å². The molecule has 2 heterocycles. The number of benzene rings is 1. The van der Waals surface area contributed by atoms with Crippen molar-refractivity contribution in [2.45, 2.75) is 48.8 Å².